The second-order valence-electron chi connectivity index (χ2n) is 7.33. The van der Waals surface area contributed by atoms with Gasteiger partial charge in [0.15, 0.2) is 0 Å². The van der Waals surface area contributed by atoms with Crippen molar-refractivity contribution in [3.63, 3.8) is 0 Å². The molecule has 0 atom stereocenters. The minimum atomic E-state index is -3.75. The van der Waals surface area contributed by atoms with Crippen molar-refractivity contribution in [3.8, 4) is 0 Å². The SMILES string of the molecule is Cc1ccc(C)c(CS(=O)(=O)c2nnc(CCNC(=O)OC(C)(C)C)o2)c1. The lowest BCUT2D eigenvalue weighted by Crippen LogP contribution is -2.33. The van der Waals surface area contributed by atoms with Gasteiger partial charge in [0, 0.05) is 13.0 Å². The van der Waals surface area contributed by atoms with Crippen molar-refractivity contribution < 1.29 is 22.4 Å². The third-order valence-electron chi connectivity index (χ3n) is 3.57. The number of benzene rings is 1. The molecule has 0 saturated carbocycles. The van der Waals surface area contributed by atoms with E-state index in [1.54, 1.807) is 20.8 Å². The number of nitrogens with one attached hydrogen (secondary N) is 1. The van der Waals surface area contributed by atoms with Crippen LogP contribution < -0.4 is 5.32 Å². The van der Waals surface area contributed by atoms with Crippen molar-refractivity contribution >= 4 is 15.9 Å². The zero-order valence-electron chi connectivity index (χ0n) is 16.2. The summed E-state index contributed by atoms with van der Waals surface area (Å²) in [5, 5.41) is 9.52. The van der Waals surface area contributed by atoms with E-state index in [0.717, 1.165) is 11.1 Å². The number of rotatable bonds is 6. The highest BCUT2D eigenvalue weighted by molar-refractivity contribution is 7.90. The lowest BCUT2D eigenvalue weighted by Gasteiger charge is -2.19. The molecule has 9 heteroatoms. The van der Waals surface area contributed by atoms with Crippen LogP contribution in [0.4, 0.5) is 4.79 Å². The van der Waals surface area contributed by atoms with Gasteiger partial charge < -0.3 is 14.5 Å². The van der Waals surface area contributed by atoms with E-state index in [9.17, 15) is 13.2 Å². The number of amides is 1. The fourth-order valence-electron chi connectivity index (χ4n) is 2.27. The fourth-order valence-corrected chi connectivity index (χ4v) is 3.51. The van der Waals surface area contributed by atoms with Gasteiger partial charge in [-0.25, -0.2) is 13.2 Å². The van der Waals surface area contributed by atoms with Crippen LogP contribution in [0.15, 0.2) is 27.8 Å². The van der Waals surface area contributed by atoms with E-state index < -0.39 is 26.8 Å². The van der Waals surface area contributed by atoms with E-state index in [2.05, 4.69) is 15.5 Å². The highest BCUT2D eigenvalue weighted by atomic mass is 32.2. The van der Waals surface area contributed by atoms with Crippen molar-refractivity contribution in [1.29, 1.82) is 0 Å². The Kier molecular flexibility index (Phi) is 6.25. The second kappa shape index (κ2) is 8.08. The molecular weight excluding hydrogens is 370 g/mol. The number of carbonyl (C=O) groups is 1. The van der Waals surface area contributed by atoms with E-state index >= 15 is 0 Å². The maximum atomic E-state index is 12.5. The molecule has 0 saturated heterocycles. The predicted octanol–water partition coefficient (Wildman–Crippen LogP) is 2.73. The van der Waals surface area contributed by atoms with Gasteiger partial charge in [0.1, 0.15) is 5.60 Å². The van der Waals surface area contributed by atoms with Crippen LogP contribution in [0.1, 0.15) is 43.4 Å². The highest BCUT2D eigenvalue weighted by Gasteiger charge is 2.24. The maximum absolute atomic E-state index is 12.5. The zero-order valence-corrected chi connectivity index (χ0v) is 17.0. The molecule has 0 bridgehead atoms. The van der Waals surface area contributed by atoms with Crippen molar-refractivity contribution in [3.05, 3.63) is 40.8 Å². The summed E-state index contributed by atoms with van der Waals surface area (Å²) >= 11 is 0. The minimum absolute atomic E-state index is 0.130. The Labute approximate surface area is 159 Å². The zero-order chi connectivity index (χ0) is 20.2. The Morgan fingerprint density at radius 2 is 1.93 bits per heavy atom. The highest BCUT2D eigenvalue weighted by Crippen LogP contribution is 2.19. The quantitative estimate of drug-likeness (QED) is 0.800. The van der Waals surface area contributed by atoms with Crippen LogP contribution >= 0.6 is 0 Å². The summed E-state index contributed by atoms with van der Waals surface area (Å²) in [5.74, 6) is -0.0798. The van der Waals surface area contributed by atoms with Crippen LogP contribution in [0.2, 0.25) is 0 Å². The summed E-state index contributed by atoms with van der Waals surface area (Å²) in [7, 11) is -3.75. The largest absolute Gasteiger partial charge is 0.444 e. The molecular formula is C18H25N3O5S. The molecule has 0 aliphatic carbocycles. The molecule has 2 aromatic rings. The van der Waals surface area contributed by atoms with Crippen LogP contribution in [-0.2, 0) is 26.7 Å². The normalized spacial score (nSPS) is 12.0. The fraction of sp³-hybridized carbons (Fsp3) is 0.500. The van der Waals surface area contributed by atoms with Crippen molar-refractivity contribution in [2.75, 3.05) is 6.54 Å². The van der Waals surface area contributed by atoms with E-state index in [1.807, 2.05) is 32.0 Å². The number of alkyl carbamates (subject to hydrolysis) is 1. The Morgan fingerprint density at radius 1 is 1.22 bits per heavy atom. The molecule has 148 valence electrons. The van der Waals surface area contributed by atoms with E-state index in [-0.39, 0.29) is 24.6 Å². The van der Waals surface area contributed by atoms with Crippen molar-refractivity contribution in [1.82, 2.24) is 15.5 Å². The summed E-state index contributed by atoms with van der Waals surface area (Å²) in [6.45, 7) is 9.23. The molecule has 1 aromatic carbocycles. The summed E-state index contributed by atoms with van der Waals surface area (Å²) in [4.78, 5) is 11.6. The smallest absolute Gasteiger partial charge is 0.407 e. The van der Waals surface area contributed by atoms with Crippen molar-refractivity contribution in [2.24, 2.45) is 0 Å². The topological polar surface area (TPSA) is 111 Å². The van der Waals surface area contributed by atoms with Crippen LogP contribution in [0, 0.1) is 13.8 Å². The van der Waals surface area contributed by atoms with Gasteiger partial charge in [0.05, 0.1) is 5.75 Å². The molecule has 0 aliphatic heterocycles. The number of ether oxygens (including phenoxy) is 1. The van der Waals surface area contributed by atoms with Gasteiger partial charge in [-0.05, 0) is 45.7 Å². The van der Waals surface area contributed by atoms with E-state index in [4.69, 9.17) is 9.15 Å². The first-order chi connectivity index (χ1) is 12.5. The third-order valence-corrected chi connectivity index (χ3v) is 4.96. The minimum Gasteiger partial charge on any atom is -0.444 e. The number of hydrogen-bond acceptors (Lipinski definition) is 7. The average molecular weight is 395 g/mol. The number of hydrogen-bond donors (Lipinski definition) is 1. The molecule has 0 spiro atoms. The Bertz CT molecular complexity index is 913. The lowest BCUT2D eigenvalue weighted by molar-refractivity contribution is 0.0527. The Hall–Kier alpha value is -2.42. The summed E-state index contributed by atoms with van der Waals surface area (Å²) < 4.78 is 35.4. The van der Waals surface area contributed by atoms with Crippen LogP contribution in [0.25, 0.3) is 0 Å². The Balaban J connectivity index is 1.97. The summed E-state index contributed by atoms with van der Waals surface area (Å²) in [5.41, 5.74) is 1.96. The first-order valence-corrected chi connectivity index (χ1v) is 10.2. The average Bonchev–Trinajstić information content (AvgIpc) is 2.99. The lowest BCUT2D eigenvalue weighted by atomic mass is 10.1. The monoisotopic (exact) mass is 395 g/mol. The Morgan fingerprint density at radius 3 is 2.59 bits per heavy atom. The molecule has 0 radical (unpaired) electrons. The maximum Gasteiger partial charge on any atom is 0.407 e. The van der Waals surface area contributed by atoms with Gasteiger partial charge in [-0.1, -0.05) is 28.9 Å². The molecule has 1 heterocycles. The van der Waals surface area contributed by atoms with Gasteiger partial charge in [0.2, 0.25) is 15.7 Å². The molecule has 27 heavy (non-hydrogen) atoms. The van der Waals surface area contributed by atoms with Gasteiger partial charge in [-0.2, -0.15) is 0 Å². The summed E-state index contributed by atoms with van der Waals surface area (Å²) in [6.07, 6.45) is -0.365. The third kappa shape index (κ3) is 6.35. The van der Waals surface area contributed by atoms with Gasteiger partial charge in [-0.15, -0.1) is 5.10 Å². The molecule has 0 aliphatic rings. The number of sulfone groups is 1. The number of nitrogens with zero attached hydrogens (tertiary/aromatic N) is 2. The molecule has 1 amide bonds. The van der Waals surface area contributed by atoms with E-state index in [1.165, 1.54) is 0 Å². The first-order valence-electron chi connectivity index (χ1n) is 8.54. The number of aryl methyl sites for hydroxylation is 2. The van der Waals surface area contributed by atoms with Gasteiger partial charge >= 0.3 is 11.3 Å². The molecule has 8 nitrogen and oxygen atoms in total. The number of carbonyl (C=O) groups excluding carboxylic acids is 1. The van der Waals surface area contributed by atoms with Crippen LogP contribution in [0.5, 0.6) is 0 Å². The molecule has 0 fully saturated rings. The van der Waals surface area contributed by atoms with Crippen molar-refractivity contribution in [2.45, 2.75) is 57.6 Å². The van der Waals surface area contributed by atoms with Gasteiger partial charge in [0.25, 0.3) is 0 Å². The summed E-state index contributed by atoms with van der Waals surface area (Å²) in [6, 6.07) is 5.63. The first kappa shape index (κ1) is 20.9. The van der Waals surface area contributed by atoms with Crippen LogP contribution in [0.3, 0.4) is 0 Å². The molecule has 2 rings (SSSR count). The molecule has 1 aromatic heterocycles. The van der Waals surface area contributed by atoms with Gasteiger partial charge in [-0.3, -0.25) is 0 Å². The number of aromatic nitrogens is 2. The second-order valence-corrected chi connectivity index (χ2v) is 9.20. The molecule has 1 N–H and O–H groups in total. The van der Waals surface area contributed by atoms with Crippen LogP contribution in [-0.4, -0.2) is 36.9 Å². The molecule has 0 unspecified atom stereocenters. The standard InChI is InChI=1S/C18H25N3O5S/c1-12-6-7-13(2)14(10-12)11-27(23,24)17-21-20-15(25-17)8-9-19-16(22)26-18(3,4)5/h6-7,10H,8-9,11H2,1-5H3,(H,19,22). The predicted molar refractivity (Wildman–Crippen MR) is 99.0 cm³/mol. The van der Waals surface area contributed by atoms with E-state index in [0.29, 0.717) is 5.56 Å².